The van der Waals surface area contributed by atoms with Crippen LogP contribution in [0.5, 0.6) is 5.75 Å². The summed E-state index contributed by atoms with van der Waals surface area (Å²) in [6, 6.07) is 3.65. The lowest BCUT2D eigenvalue weighted by atomic mass is 9.98. The van der Waals surface area contributed by atoms with Crippen LogP contribution in [0.25, 0.3) is 0 Å². The predicted octanol–water partition coefficient (Wildman–Crippen LogP) is 3.90. The van der Waals surface area contributed by atoms with Gasteiger partial charge in [0.2, 0.25) is 0 Å². The topological polar surface area (TPSA) is 26.3 Å². The first-order valence-electron chi connectivity index (χ1n) is 5.90. The first-order chi connectivity index (χ1) is 7.99. The number of benzene rings is 1. The molecule has 0 heterocycles. The number of halogens is 1. The van der Waals surface area contributed by atoms with E-state index < -0.39 is 5.38 Å². The normalized spacial score (nSPS) is 12.3. The van der Waals surface area contributed by atoms with Crippen molar-refractivity contribution in [3.63, 3.8) is 0 Å². The number of hydrogen-bond acceptors (Lipinski definition) is 2. The number of carbonyl (C=O) groups is 1. The molecule has 0 N–H and O–H groups in total. The third-order valence-corrected chi connectivity index (χ3v) is 3.02. The number of ketones is 1. The highest BCUT2D eigenvalue weighted by Crippen LogP contribution is 2.25. The number of Topliss-reactive ketones (excluding diaryl/α,β-unsaturated/α-hetero) is 1. The van der Waals surface area contributed by atoms with E-state index in [9.17, 15) is 4.79 Å². The molecule has 0 saturated carbocycles. The molecule has 94 valence electrons. The highest BCUT2D eigenvalue weighted by atomic mass is 35.5. The van der Waals surface area contributed by atoms with E-state index in [0.717, 1.165) is 23.3 Å². The molecule has 0 aliphatic heterocycles. The summed E-state index contributed by atoms with van der Waals surface area (Å²) in [5.74, 6) is 0.817. The second-order valence-corrected chi connectivity index (χ2v) is 4.84. The molecule has 0 fully saturated rings. The third-order valence-electron chi connectivity index (χ3n) is 2.83. The van der Waals surface area contributed by atoms with E-state index in [1.165, 1.54) is 0 Å². The minimum absolute atomic E-state index is 0.0330. The summed E-state index contributed by atoms with van der Waals surface area (Å²) in [5, 5.41) is -0.490. The molecule has 1 aromatic rings. The van der Waals surface area contributed by atoms with Crippen LogP contribution in [0.4, 0.5) is 0 Å². The van der Waals surface area contributed by atoms with Gasteiger partial charge in [0, 0.05) is 5.56 Å². The molecule has 1 unspecified atom stereocenters. The summed E-state index contributed by atoms with van der Waals surface area (Å²) in [4.78, 5) is 11.9. The minimum atomic E-state index is -0.490. The first-order valence-corrected chi connectivity index (χ1v) is 6.34. The molecule has 17 heavy (non-hydrogen) atoms. The highest BCUT2D eigenvalue weighted by Gasteiger charge is 2.17. The SMILES string of the molecule is CCCOc1ccc(C(=O)C(C)Cl)c(C)c1C. The van der Waals surface area contributed by atoms with E-state index >= 15 is 0 Å². The van der Waals surface area contributed by atoms with Crippen molar-refractivity contribution in [1.29, 1.82) is 0 Å². The third kappa shape index (κ3) is 3.22. The zero-order valence-corrected chi connectivity index (χ0v) is 11.6. The van der Waals surface area contributed by atoms with E-state index in [1.807, 2.05) is 19.9 Å². The average molecular weight is 255 g/mol. The summed E-state index contributed by atoms with van der Waals surface area (Å²) in [6.45, 7) is 8.35. The van der Waals surface area contributed by atoms with Crippen LogP contribution in [0.3, 0.4) is 0 Å². The van der Waals surface area contributed by atoms with Crippen LogP contribution in [0, 0.1) is 13.8 Å². The standard InChI is InChI=1S/C14H19ClO2/c1-5-8-17-13-7-6-12(9(2)10(13)3)14(16)11(4)15/h6-7,11H,5,8H2,1-4H3. The Hall–Kier alpha value is -1.02. The van der Waals surface area contributed by atoms with E-state index in [2.05, 4.69) is 6.92 Å². The monoisotopic (exact) mass is 254 g/mol. The number of ether oxygens (including phenoxy) is 1. The fourth-order valence-electron chi connectivity index (χ4n) is 1.65. The molecule has 1 aromatic carbocycles. The van der Waals surface area contributed by atoms with Gasteiger partial charge >= 0.3 is 0 Å². The molecule has 3 heteroatoms. The fraction of sp³-hybridized carbons (Fsp3) is 0.500. The smallest absolute Gasteiger partial charge is 0.180 e. The zero-order valence-electron chi connectivity index (χ0n) is 10.8. The van der Waals surface area contributed by atoms with Crippen molar-refractivity contribution in [3.8, 4) is 5.75 Å². The van der Waals surface area contributed by atoms with E-state index in [1.54, 1.807) is 13.0 Å². The second-order valence-electron chi connectivity index (χ2n) is 4.19. The Kier molecular flexibility index (Phi) is 5.01. The van der Waals surface area contributed by atoms with Gasteiger partial charge in [-0.1, -0.05) is 6.92 Å². The fourth-order valence-corrected chi connectivity index (χ4v) is 1.76. The van der Waals surface area contributed by atoms with Gasteiger partial charge in [0.05, 0.1) is 12.0 Å². The number of carbonyl (C=O) groups excluding carboxylic acids is 1. The van der Waals surface area contributed by atoms with Gasteiger partial charge in [-0.3, -0.25) is 4.79 Å². The molecule has 0 spiro atoms. The van der Waals surface area contributed by atoms with Crippen LogP contribution in [0.2, 0.25) is 0 Å². The van der Waals surface area contributed by atoms with E-state index in [0.29, 0.717) is 12.2 Å². The largest absolute Gasteiger partial charge is 0.493 e. The van der Waals surface area contributed by atoms with Crippen LogP contribution in [-0.4, -0.2) is 17.8 Å². The van der Waals surface area contributed by atoms with Gasteiger partial charge in [0.25, 0.3) is 0 Å². The van der Waals surface area contributed by atoms with E-state index in [4.69, 9.17) is 16.3 Å². The molecule has 0 aliphatic rings. The summed E-state index contributed by atoms with van der Waals surface area (Å²) in [5.41, 5.74) is 2.66. The highest BCUT2D eigenvalue weighted by molar-refractivity contribution is 6.33. The lowest BCUT2D eigenvalue weighted by Gasteiger charge is -2.14. The van der Waals surface area contributed by atoms with Gasteiger partial charge < -0.3 is 4.74 Å². The quantitative estimate of drug-likeness (QED) is 0.588. The maximum absolute atomic E-state index is 11.9. The van der Waals surface area contributed by atoms with Gasteiger partial charge in [-0.05, 0) is 50.5 Å². The second kappa shape index (κ2) is 6.06. The molecule has 0 amide bonds. The molecule has 1 rings (SSSR count). The Morgan fingerprint density at radius 1 is 1.35 bits per heavy atom. The van der Waals surface area contributed by atoms with Crippen molar-refractivity contribution in [2.75, 3.05) is 6.61 Å². The maximum Gasteiger partial charge on any atom is 0.180 e. The van der Waals surface area contributed by atoms with Crippen molar-refractivity contribution in [2.45, 2.75) is 39.5 Å². The van der Waals surface area contributed by atoms with Gasteiger partial charge in [-0.15, -0.1) is 11.6 Å². The van der Waals surface area contributed by atoms with Crippen LogP contribution in [-0.2, 0) is 0 Å². The van der Waals surface area contributed by atoms with Crippen LogP contribution >= 0.6 is 11.6 Å². The summed E-state index contributed by atoms with van der Waals surface area (Å²) in [7, 11) is 0. The summed E-state index contributed by atoms with van der Waals surface area (Å²) >= 11 is 5.83. The number of hydrogen-bond donors (Lipinski definition) is 0. The lowest BCUT2D eigenvalue weighted by molar-refractivity contribution is 0.0991. The van der Waals surface area contributed by atoms with Crippen LogP contribution in [0.1, 0.15) is 41.8 Å². The van der Waals surface area contributed by atoms with Gasteiger partial charge in [0.1, 0.15) is 5.75 Å². The maximum atomic E-state index is 11.9. The Labute approximate surface area is 108 Å². The molecule has 0 saturated heterocycles. The Bertz CT molecular complexity index is 411. The Balaban J connectivity index is 3.06. The van der Waals surface area contributed by atoms with Crippen LogP contribution < -0.4 is 4.74 Å². The molecule has 1 atom stereocenters. The molecule has 0 bridgehead atoms. The van der Waals surface area contributed by atoms with Crippen molar-refractivity contribution in [2.24, 2.45) is 0 Å². The summed E-state index contributed by atoms with van der Waals surface area (Å²) in [6.07, 6.45) is 0.970. The average Bonchev–Trinajstić information content (AvgIpc) is 2.30. The van der Waals surface area contributed by atoms with Gasteiger partial charge in [0.15, 0.2) is 5.78 Å². The number of rotatable bonds is 5. The molecular weight excluding hydrogens is 236 g/mol. The molecule has 0 aromatic heterocycles. The van der Waals surface area contributed by atoms with Crippen molar-refractivity contribution in [1.82, 2.24) is 0 Å². The van der Waals surface area contributed by atoms with Crippen LogP contribution in [0.15, 0.2) is 12.1 Å². The summed E-state index contributed by atoms with van der Waals surface area (Å²) < 4.78 is 5.62. The molecule has 0 radical (unpaired) electrons. The zero-order chi connectivity index (χ0) is 13.0. The van der Waals surface area contributed by atoms with Crippen molar-refractivity contribution >= 4 is 17.4 Å². The Morgan fingerprint density at radius 3 is 2.53 bits per heavy atom. The molecular formula is C14H19ClO2. The van der Waals surface area contributed by atoms with E-state index in [-0.39, 0.29) is 5.78 Å². The lowest BCUT2D eigenvalue weighted by Crippen LogP contribution is -2.13. The van der Waals surface area contributed by atoms with Crippen molar-refractivity contribution < 1.29 is 9.53 Å². The minimum Gasteiger partial charge on any atom is -0.493 e. The molecule has 0 aliphatic carbocycles. The van der Waals surface area contributed by atoms with Crippen molar-refractivity contribution in [3.05, 3.63) is 28.8 Å². The molecule has 2 nitrogen and oxygen atoms in total. The number of alkyl halides is 1. The van der Waals surface area contributed by atoms with Gasteiger partial charge in [-0.2, -0.15) is 0 Å². The first kappa shape index (κ1) is 14.0. The predicted molar refractivity (Wildman–Crippen MR) is 71.3 cm³/mol. The Morgan fingerprint density at radius 2 is 2.00 bits per heavy atom. The van der Waals surface area contributed by atoms with Gasteiger partial charge in [-0.25, -0.2) is 0 Å².